The Bertz CT molecular complexity index is 206. The van der Waals surface area contributed by atoms with Crippen molar-refractivity contribution in [2.75, 3.05) is 13.2 Å². The third-order valence-corrected chi connectivity index (χ3v) is 1.71. The molecule has 0 radical (unpaired) electrons. The normalized spacial score (nSPS) is 11.7. The molecule has 1 atom stereocenters. The van der Waals surface area contributed by atoms with Gasteiger partial charge in [-0.2, -0.15) is 0 Å². The van der Waals surface area contributed by atoms with Gasteiger partial charge < -0.3 is 14.8 Å². The highest BCUT2D eigenvalue weighted by molar-refractivity contribution is 5.80. The Morgan fingerprint density at radius 3 is 2.47 bits per heavy atom. The van der Waals surface area contributed by atoms with E-state index >= 15 is 0 Å². The van der Waals surface area contributed by atoms with Crippen LogP contribution in [0.4, 0.5) is 4.79 Å². The van der Waals surface area contributed by atoms with Crippen LogP contribution in [0, 0.1) is 0 Å². The number of alkyl carbamates (subject to hydrolysis) is 1. The van der Waals surface area contributed by atoms with Gasteiger partial charge in [-0.05, 0) is 20.3 Å². The Labute approximate surface area is 90.1 Å². The Morgan fingerprint density at radius 2 is 1.93 bits per heavy atom. The fourth-order valence-corrected chi connectivity index (χ4v) is 0.854. The van der Waals surface area contributed by atoms with Crippen molar-refractivity contribution >= 4 is 12.1 Å². The first-order valence-electron chi connectivity index (χ1n) is 5.21. The minimum atomic E-state index is -0.668. The number of carbonyl (C=O) groups excluding carboxylic acids is 2. The molecule has 0 aromatic rings. The molecule has 0 heterocycles. The van der Waals surface area contributed by atoms with Crippen LogP contribution in [0.3, 0.4) is 0 Å². The molecule has 15 heavy (non-hydrogen) atoms. The average Bonchev–Trinajstić information content (AvgIpc) is 2.18. The minimum absolute atomic E-state index is 0.301. The second-order valence-corrected chi connectivity index (χ2v) is 3.11. The molecule has 5 nitrogen and oxygen atoms in total. The second-order valence-electron chi connectivity index (χ2n) is 3.11. The Morgan fingerprint density at radius 1 is 1.27 bits per heavy atom. The van der Waals surface area contributed by atoms with E-state index in [-0.39, 0.29) is 0 Å². The van der Waals surface area contributed by atoms with Crippen molar-refractivity contribution in [2.24, 2.45) is 0 Å². The van der Waals surface area contributed by atoms with E-state index < -0.39 is 18.1 Å². The van der Waals surface area contributed by atoms with Gasteiger partial charge in [0.05, 0.1) is 13.2 Å². The fourth-order valence-electron chi connectivity index (χ4n) is 0.854. The van der Waals surface area contributed by atoms with Crippen molar-refractivity contribution in [3.63, 3.8) is 0 Å². The summed E-state index contributed by atoms with van der Waals surface area (Å²) in [6, 6.07) is -0.668. The van der Waals surface area contributed by atoms with Crippen molar-refractivity contribution in [1.29, 1.82) is 0 Å². The number of carbonyl (C=O) groups is 2. The zero-order chi connectivity index (χ0) is 11.7. The lowest BCUT2D eigenvalue weighted by Crippen LogP contribution is -2.39. The molecule has 0 bridgehead atoms. The first-order valence-corrected chi connectivity index (χ1v) is 5.21. The summed E-state index contributed by atoms with van der Waals surface area (Å²) in [7, 11) is 0. The van der Waals surface area contributed by atoms with Crippen molar-refractivity contribution in [1.82, 2.24) is 5.32 Å². The number of hydrogen-bond donors (Lipinski definition) is 1. The molecule has 0 fully saturated rings. The van der Waals surface area contributed by atoms with E-state index in [0.29, 0.717) is 13.2 Å². The highest BCUT2D eigenvalue weighted by Crippen LogP contribution is 1.92. The van der Waals surface area contributed by atoms with Crippen LogP contribution in [0.15, 0.2) is 0 Å². The second kappa shape index (κ2) is 8.08. The number of ether oxygens (including phenoxy) is 2. The molecule has 1 N–H and O–H groups in total. The molecule has 88 valence electrons. The van der Waals surface area contributed by atoms with Gasteiger partial charge in [0.15, 0.2) is 0 Å². The smallest absolute Gasteiger partial charge is 0.407 e. The summed E-state index contributed by atoms with van der Waals surface area (Å²) in [5, 5.41) is 2.39. The van der Waals surface area contributed by atoms with Crippen LogP contribution in [0.2, 0.25) is 0 Å². The lowest BCUT2D eigenvalue weighted by molar-refractivity contribution is -0.145. The van der Waals surface area contributed by atoms with E-state index in [9.17, 15) is 9.59 Å². The van der Waals surface area contributed by atoms with Crippen molar-refractivity contribution in [2.45, 2.75) is 39.7 Å². The van der Waals surface area contributed by atoms with E-state index in [2.05, 4.69) is 5.32 Å². The maximum Gasteiger partial charge on any atom is 0.407 e. The summed E-state index contributed by atoms with van der Waals surface area (Å²) in [5.41, 5.74) is 0. The van der Waals surface area contributed by atoms with Crippen LogP contribution in [-0.4, -0.2) is 31.3 Å². The molecule has 0 aliphatic heterocycles. The van der Waals surface area contributed by atoms with E-state index in [0.717, 1.165) is 12.8 Å². The summed E-state index contributed by atoms with van der Waals surface area (Å²) in [5.74, 6) is -0.454. The van der Waals surface area contributed by atoms with E-state index in [4.69, 9.17) is 9.47 Å². The first-order chi connectivity index (χ1) is 7.11. The van der Waals surface area contributed by atoms with Gasteiger partial charge in [0, 0.05) is 0 Å². The quantitative estimate of drug-likeness (QED) is 0.540. The monoisotopic (exact) mass is 217 g/mol. The zero-order valence-electron chi connectivity index (χ0n) is 9.54. The fraction of sp³-hybridized carbons (Fsp3) is 0.800. The predicted molar refractivity (Wildman–Crippen MR) is 55.5 cm³/mol. The molecular formula is C10H19NO4. The molecule has 0 rings (SSSR count). The number of esters is 1. The molecule has 0 aliphatic carbocycles. The Balaban J connectivity index is 3.70. The topological polar surface area (TPSA) is 64.6 Å². The molecule has 0 aliphatic rings. The van der Waals surface area contributed by atoms with Crippen LogP contribution in [0.25, 0.3) is 0 Å². The molecular weight excluding hydrogens is 198 g/mol. The first kappa shape index (κ1) is 13.7. The molecule has 0 saturated heterocycles. The lowest BCUT2D eigenvalue weighted by Gasteiger charge is -2.12. The van der Waals surface area contributed by atoms with Crippen molar-refractivity contribution < 1.29 is 19.1 Å². The molecule has 1 amide bonds. The van der Waals surface area contributed by atoms with Gasteiger partial charge in [-0.15, -0.1) is 0 Å². The number of amides is 1. The molecule has 0 saturated carbocycles. The van der Waals surface area contributed by atoms with Gasteiger partial charge in [0.2, 0.25) is 0 Å². The molecule has 0 spiro atoms. The van der Waals surface area contributed by atoms with Crippen LogP contribution in [0.5, 0.6) is 0 Å². The Hall–Kier alpha value is -1.26. The van der Waals surface area contributed by atoms with Crippen molar-refractivity contribution in [3.8, 4) is 0 Å². The molecule has 1 unspecified atom stereocenters. The third kappa shape index (κ3) is 6.76. The van der Waals surface area contributed by atoms with Gasteiger partial charge in [-0.1, -0.05) is 13.3 Å². The summed E-state index contributed by atoms with van der Waals surface area (Å²) in [4.78, 5) is 22.2. The number of unbranched alkanes of at least 4 members (excludes halogenated alkanes) is 1. The summed E-state index contributed by atoms with van der Waals surface area (Å²) in [6.07, 6.45) is 1.20. The predicted octanol–water partition coefficient (Wildman–Crippen LogP) is 1.46. The zero-order valence-corrected chi connectivity index (χ0v) is 9.54. The summed E-state index contributed by atoms with van der Waals surface area (Å²) in [6.45, 7) is 5.94. The van der Waals surface area contributed by atoms with Gasteiger partial charge in [-0.25, -0.2) is 9.59 Å². The van der Waals surface area contributed by atoms with E-state index in [1.165, 1.54) is 0 Å². The summed E-state index contributed by atoms with van der Waals surface area (Å²) < 4.78 is 9.54. The summed E-state index contributed by atoms with van der Waals surface area (Å²) >= 11 is 0. The van der Waals surface area contributed by atoms with Gasteiger partial charge in [0.25, 0.3) is 0 Å². The molecule has 5 heteroatoms. The SMILES string of the molecule is CCCCOC(=O)NC(C)C(=O)OCC. The molecule has 0 aromatic carbocycles. The van der Waals surface area contributed by atoms with Gasteiger partial charge in [0.1, 0.15) is 6.04 Å². The number of nitrogens with one attached hydrogen (secondary N) is 1. The largest absolute Gasteiger partial charge is 0.464 e. The third-order valence-electron chi connectivity index (χ3n) is 1.71. The number of rotatable bonds is 6. The van der Waals surface area contributed by atoms with Crippen LogP contribution < -0.4 is 5.32 Å². The lowest BCUT2D eigenvalue weighted by atomic mass is 10.3. The van der Waals surface area contributed by atoms with E-state index in [1.54, 1.807) is 13.8 Å². The number of hydrogen-bond acceptors (Lipinski definition) is 4. The average molecular weight is 217 g/mol. The standard InChI is InChI=1S/C10H19NO4/c1-4-6-7-15-10(13)11-8(3)9(12)14-5-2/h8H,4-7H2,1-3H3,(H,11,13). The van der Waals surface area contributed by atoms with Crippen LogP contribution in [0.1, 0.15) is 33.6 Å². The Kier molecular flexibility index (Phi) is 7.40. The van der Waals surface area contributed by atoms with Gasteiger partial charge >= 0.3 is 12.1 Å². The van der Waals surface area contributed by atoms with Crippen LogP contribution in [-0.2, 0) is 14.3 Å². The van der Waals surface area contributed by atoms with Crippen molar-refractivity contribution in [3.05, 3.63) is 0 Å². The maximum atomic E-state index is 11.1. The minimum Gasteiger partial charge on any atom is -0.464 e. The van der Waals surface area contributed by atoms with Crippen LogP contribution >= 0.6 is 0 Å². The highest BCUT2D eigenvalue weighted by atomic mass is 16.6. The molecule has 0 aromatic heterocycles. The maximum absolute atomic E-state index is 11.1. The highest BCUT2D eigenvalue weighted by Gasteiger charge is 2.16. The van der Waals surface area contributed by atoms with Gasteiger partial charge in [-0.3, -0.25) is 0 Å². The van der Waals surface area contributed by atoms with E-state index in [1.807, 2.05) is 6.92 Å².